The van der Waals surface area contributed by atoms with Gasteiger partial charge >= 0.3 is 11.9 Å². The summed E-state index contributed by atoms with van der Waals surface area (Å²) in [4.78, 5) is 23.5. The molecule has 1 atom stereocenters. The molecule has 2 N–H and O–H groups in total. The van der Waals surface area contributed by atoms with E-state index in [1.54, 1.807) is 12.1 Å². The van der Waals surface area contributed by atoms with E-state index in [1.807, 2.05) is 47.7 Å². The van der Waals surface area contributed by atoms with Gasteiger partial charge in [-0.15, -0.1) is 11.3 Å². The van der Waals surface area contributed by atoms with Crippen LogP contribution in [-0.2, 0) is 17.6 Å². The van der Waals surface area contributed by atoms with Crippen LogP contribution in [0.5, 0.6) is 5.75 Å². The van der Waals surface area contributed by atoms with Crippen LogP contribution in [0.3, 0.4) is 0 Å². The standard InChI is InChI=1S/C31H36O5S/c32-30(33)14-6-3-9-24(23-25-16-19-27(20-17-25)31(34)35)15-18-26-10-4-5-13-29(26)36-21-7-1-2-11-28-12-8-22-37-28/h4-5,8,10,12-13,15-20,22,24H,1-3,6-7,9,11,14,21,23H2,(H,32,33)(H,34,35). The first-order valence-corrected chi connectivity index (χ1v) is 13.9. The van der Waals surface area contributed by atoms with Gasteiger partial charge in [0.15, 0.2) is 0 Å². The lowest BCUT2D eigenvalue weighted by atomic mass is 9.92. The molecule has 0 spiro atoms. The maximum Gasteiger partial charge on any atom is 0.335 e. The minimum Gasteiger partial charge on any atom is -0.493 e. The average molecular weight is 521 g/mol. The monoisotopic (exact) mass is 520 g/mol. The molecule has 0 saturated carbocycles. The number of benzene rings is 2. The molecule has 0 aliphatic heterocycles. The van der Waals surface area contributed by atoms with Crippen LogP contribution >= 0.6 is 11.3 Å². The van der Waals surface area contributed by atoms with Gasteiger partial charge in [-0.3, -0.25) is 4.79 Å². The van der Waals surface area contributed by atoms with E-state index >= 15 is 0 Å². The number of hydrogen-bond acceptors (Lipinski definition) is 4. The number of ether oxygens (including phenoxy) is 1. The second kappa shape index (κ2) is 15.7. The summed E-state index contributed by atoms with van der Waals surface area (Å²) in [5.74, 6) is -0.632. The van der Waals surface area contributed by atoms with E-state index in [1.165, 1.54) is 11.3 Å². The molecule has 196 valence electrons. The molecule has 0 bridgehead atoms. The van der Waals surface area contributed by atoms with Gasteiger partial charge in [0.05, 0.1) is 12.2 Å². The number of carboxylic acids is 2. The van der Waals surface area contributed by atoms with Crippen LogP contribution in [0.2, 0.25) is 0 Å². The summed E-state index contributed by atoms with van der Waals surface area (Å²) in [5.41, 5.74) is 2.36. The van der Waals surface area contributed by atoms with Gasteiger partial charge in [0.1, 0.15) is 5.75 Å². The number of carbonyl (C=O) groups is 2. The maximum absolute atomic E-state index is 11.2. The lowest BCUT2D eigenvalue weighted by Gasteiger charge is -2.14. The van der Waals surface area contributed by atoms with Crippen molar-refractivity contribution in [3.63, 3.8) is 0 Å². The second-order valence-corrected chi connectivity index (χ2v) is 10.3. The molecular weight excluding hydrogens is 484 g/mol. The predicted molar refractivity (Wildman–Crippen MR) is 150 cm³/mol. The predicted octanol–water partition coefficient (Wildman–Crippen LogP) is 7.76. The number of para-hydroxylation sites is 1. The number of unbranched alkanes of at least 4 members (excludes halogenated alkanes) is 3. The highest BCUT2D eigenvalue weighted by atomic mass is 32.1. The van der Waals surface area contributed by atoms with E-state index in [9.17, 15) is 9.59 Å². The molecule has 0 radical (unpaired) electrons. The van der Waals surface area contributed by atoms with Gasteiger partial charge in [-0.25, -0.2) is 4.79 Å². The first-order chi connectivity index (χ1) is 18.0. The van der Waals surface area contributed by atoms with Crippen LogP contribution in [0.15, 0.2) is 72.1 Å². The van der Waals surface area contributed by atoms with Crippen LogP contribution in [0, 0.1) is 5.92 Å². The van der Waals surface area contributed by atoms with Crippen molar-refractivity contribution >= 4 is 29.4 Å². The molecular formula is C31H36O5S. The topological polar surface area (TPSA) is 83.8 Å². The van der Waals surface area contributed by atoms with E-state index in [0.29, 0.717) is 13.0 Å². The molecule has 1 unspecified atom stereocenters. The molecule has 6 heteroatoms. The van der Waals surface area contributed by atoms with Crippen LogP contribution in [-0.4, -0.2) is 28.8 Å². The van der Waals surface area contributed by atoms with E-state index in [0.717, 1.165) is 55.4 Å². The lowest BCUT2D eigenvalue weighted by molar-refractivity contribution is -0.137. The molecule has 0 saturated heterocycles. The Kier molecular flexibility index (Phi) is 11.9. The zero-order valence-electron chi connectivity index (χ0n) is 21.2. The molecule has 3 rings (SSSR count). The third kappa shape index (κ3) is 10.6. The molecule has 0 fully saturated rings. The second-order valence-electron chi connectivity index (χ2n) is 9.24. The Morgan fingerprint density at radius 3 is 2.43 bits per heavy atom. The van der Waals surface area contributed by atoms with Crippen LogP contribution in [0.1, 0.15) is 71.3 Å². The molecule has 5 nitrogen and oxygen atoms in total. The first kappa shape index (κ1) is 28.2. The van der Waals surface area contributed by atoms with Crippen molar-refractivity contribution in [1.82, 2.24) is 0 Å². The Balaban J connectivity index is 1.56. The van der Waals surface area contributed by atoms with Crippen molar-refractivity contribution in [1.29, 1.82) is 0 Å². The molecule has 0 amide bonds. The Hall–Kier alpha value is -3.38. The fourth-order valence-electron chi connectivity index (χ4n) is 4.24. The van der Waals surface area contributed by atoms with Gasteiger partial charge in [-0.2, -0.15) is 0 Å². The molecule has 1 aromatic heterocycles. The van der Waals surface area contributed by atoms with Gasteiger partial charge in [-0.1, -0.05) is 55.0 Å². The maximum atomic E-state index is 11.2. The summed E-state index contributed by atoms with van der Waals surface area (Å²) >= 11 is 1.81. The fraction of sp³-hybridized carbons (Fsp3) is 0.355. The van der Waals surface area contributed by atoms with Crippen LogP contribution < -0.4 is 4.74 Å². The summed E-state index contributed by atoms with van der Waals surface area (Å²) in [6, 6.07) is 19.3. The number of thiophene rings is 1. The summed E-state index contributed by atoms with van der Waals surface area (Å²) in [7, 11) is 0. The molecule has 0 aliphatic rings. The van der Waals surface area contributed by atoms with Gasteiger partial charge in [0.2, 0.25) is 0 Å². The summed E-state index contributed by atoms with van der Waals surface area (Å²) < 4.78 is 6.12. The Morgan fingerprint density at radius 2 is 1.70 bits per heavy atom. The summed E-state index contributed by atoms with van der Waals surface area (Å²) in [6.07, 6.45) is 12.0. The number of hydrogen-bond donors (Lipinski definition) is 2. The number of aryl methyl sites for hydroxylation is 1. The van der Waals surface area contributed by atoms with Gasteiger partial charge < -0.3 is 14.9 Å². The number of aromatic carboxylic acids is 1. The highest BCUT2D eigenvalue weighted by Gasteiger charge is 2.10. The Bertz CT molecular complexity index is 1120. The highest BCUT2D eigenvalue weighted by molar-refractivity contribution is 7.09. The normalized spacial score (nSPS) is 12.0. The quantitative estimate of drug-likeness (QED) is 0.178. The van der Waals surface area contributed by atoms with Crippen molar-refractivity contribution in [3.8, 4) is 5.75 Å². The highest BCUT2D eigenvalue weighted by Crippen LogP contribution is 2.24. The molecule has 0 aliphatic carbocycles. The van der Waals surface area contributed by atoms with E-state index < -0.39 is 11.9 Å². The summed E-state index contributed by atoms with van der Waals surface area (Å²) in [5, 5.41) is 20.2. The number of aliphatic carboxylic acids is 1. The average Bonchev–Trinajstić information content (AvgIpc) is 3.41. The largest absolute Gasteiger partial charge is 0.493 e. The Morgan fingerprint density at radius 1 is 0.892 bits per heavy atom. The fourth-order valence-corrected chi connectivity index (χ4v) is 4.99. The number of rotatable bonds is 17. The van der Waals surface area contributed by atoms with Crippen molar-refractivity contribution in [3.05, 3.63) is 93.7 Å². The van der Waals surface area contributed by atoms with Gasteiger partial charge in [0.25, 0.3) is 0 Å². The minimum atomic E-state index is -0.934. The van der Waals surface area contributed by atoms with Gasteiger partial charge in [-0.05, 0) is 86.1 Å². The molecule has 3 aromatic rings. The lowest BCUT2D eigenvalue weighted by Crippen LogP contribution is -2.04. The smallest absolute Gasteiger partial charge is 0.335 e. The van der Waals surface area contributed by atoms with Crippen molar-refractivity contribution in [2.45, 2.75) is 57.8 Å². The van der Waals surface area contributed by atoms with Crippen molar-refractivity contribution in [2.75, 3.05) is 6.61 Å². The van der Waals surface area contributed by atoms with Crippen LogP contribution in [0.25, 0.3) is 6.08 Å². The van der Waals surface area contributed by atoms with Crippen molar-refractivity contribution < 1.29 is 24.5 Å². The molecule has 1 heterocycles. The molecule has 37 heavy (non-hydrogen) atoms. The minimum absolute atomic E-state index is 0.174. The SMILES string of the molecule is O=C(O)CCCCC(C=Cc1ccccc1OCCCCCc1cccs1)Cc1ccc(C(=O)O)cc1. The zero-order valence-corrected chi connectivity index (χ0v) is 22.0. The van der Waals surface area contributed by atoms with Crippen LogP contribution in [0.4, 0.5) is 0 Å². The number of allylic oxidation sites excluding steroid dienone is 1. The van der Waals surface area contributed by atoms with Gasteiger partial charge in [0, 0.05) is 16.9 Å². The van der Waals surface area contributed by atoms with E-state index in [4.69, 9.17) is 14.9 Å². The number of carboxylic acid groups (broad SMARTS) is 2. The first-order valence-electron chi connectivity index (χ1n) is 13.0. The van der Waals surface area contributed by atoms with E-state index in [2.05, 4.69) is 29.7 Å². The van der Waals surface area contributed by atoms with E-state index in [-0.39, 0.29) is 17.9 Å². The third-order valence-electron chi connectivity index (χ3n) is 6.29. The summed E-state index contributed by atoms with van der Waals surface area (Å²) in [6.45, 7) is 0.684. The van der Waals surface area contributed by atoms with Crippen molar-refractivity contribution in [2.24, 2.45) is 5.92 Å². The third-order valence-corrected chi connectivity index (χ3v) is 7.22. The Labute approximate surface area is 223 Å². The molecule has 2 aromatic carbocycles. The zero-order chi connectivity index (χ0) is 26.3.